The first-order valence-corrected chi connectivity index (χ1v) is 12.0. The molecule has 184 valence electrons. The van der Waals surface area contributed by atoms with Crippen LogP contribution in [0.15, 0.2) is 46.9 Å². The summed E-state index contributed by atoms with van der Waals surface area (Å²) in [5.41, 5.74) is 4.85. The molecule has 0 bridgehead atoms. The van der Waals surface area contributed by atoms with Crippen LogP contribution in [0, 0.1) is 20.8 Å². The molecule has 0 radical (unpaired) electrons. The molecule has 35 heavy (non-hydrogen) atoms. The number of amides is 2. The second-order valence-electron chi connectivity index (χ2n) is 9.07. The maximum absolute atomic E-state index is 13.1. The molecule has 1 aliphatic heterocycles. The third kappa shape index (κ3) is 6.54. The van der Waals surface area contributed by atoms with Gasteiger partial charge in [0, 0.05) is 37.2 Å². The molecule has 4 rings (SSSR count). The molecule has 1 fully saturated rings. The Morgan fingerprint density at radius 2 is 1.89 bits per heavy atom. The number of rotatable bonds is 9. The molecule has 2 amide bonds. The Balaban J connectivity index is 1.38. The predicted octanol–water partition coefficient (Wildman–Crippen LogP) is 4.24. The van der Waals surface area contributed by atoms with Crippen LogP contribution in [0.1, 0.15) is 41.8 Å². The van der Waals surface area contributed by atoms with Gasteiger partial charge in [-0.2, -0.15) is 0 Å². The molecule has 2 aromatic carbocycles. The summed E-state index contributed by atoms with van der Waals surface area (Å²) in [4.78, 5) is 27.5. The van der Waals surface area contributed by atoms with Crippen LogP contribution in [0.25, 0.3) is 11.5 Å². The highest BCUT2D eigenvalue weighted by molar-refractivity contribution is 5.95. The number of hydrogen-bond donors (Lipinski definition) is 1. The Kier molecular flexibility index (Phi) is 7.92. The molecule has 0 spiro atoms. The van der Waals surface area contributed by atoms with E-state index in [1.54, 1.807) is 4.90 Å². The van der Waals surface area contributed by atoms with Crippen molar-refractivity contribution in [1.29, 1.82) is 0 Å². The van der Waals surface area contributed by atoms with E-state index >= 15 is 0 Å². The predicted molar refractivity (Wildman–Crippen MR) is 133 cm³/mol. The van der Waals surface area contributed by atoms with Crippen molar-refractivity contribution in [1.82, 2.24) is 15.1 Å². The standard InChI is InChI=1S/C27H32N4O4/c1-18-9-11-21(12-10-18)27-30-29-25(35-27)13-14-26(33)31(16-22-7-5-15-34-22)17-24(32)28-23-8-4-6-19(2)20(23)3/h4,6,8-12,22H,5,7,13-17H2,1-3H3,(H,28,32). The molecule has 3 aromatic rings. The molecule has 0 aliphatic carbocycles. The maximum atomic E-state index is 13.1. The maximum Gasteiger partial charge on any atom is 0.247 e. The number of nitrogens with one attached hydrogen (secondary N) is 1. The second kappa shape index (κ2) is 11.3. The minimum atomic E-state index is -0.232. The van der Waals surface area contributed by atoms with E-state index in [2.05, 4.69) is 15.5 Å². The van der Waals surface area contributed by atoms with Gasteiger partial charge in [-0.25, -0.2) is 0 Å². The number of aromatic nitrogens is 2. The van der Waals surface area contributed by atoms with Crippen molar-refractivity contribution < 1.29 is 18.7 Å². The summed E-state index contributed by atoms with van der Waals surface area (Å²) in [5.74, 6) is 0.443. The van der Waals surface area contributed by atoms with Crippen LogP contribution in [0.5, 0.6) is 0 Å². The molecule has 1 atom stereocenters. The highest BCUT2D eigenvalue weighted by Crippen LogP contribution is 2.20. The van der Waals surface area contributed by atoms with Gasteiger partial charge in [-0.3, -0.25) is 9.59 Å². The van der Waals surface area contributed by atoms with Gasteiger partial charge in [-0.05, 0) is 62.9 Å². The number of benzene rings is 2. The van der Waals surface area contributed by atoms with Gasteiger partial charge < -0.3 is 19.4 Å². The molecule has 1 N–H and O–H groups in total. The number of carbonyl (C=O) groups excluding carboxylic acids is 2. The van der Waals surface area contributed by atoms with E-state index in [0.717, 1.165) is 40.8 Å². The fourth-order valence-electron chi connectivity index (χ4n) is 4.08. The third-order valence-corrected chi connectivity index (χ3v) is 6.33. The molecule has 0 saturated carbocycles. The van der Waals surface area contributed by atoms with Crippen LogP contribution in [-0.2, 0) is 20.7 Å². The fourth-order valence-corrected chi connectivity index (χ4v) is 4.08. The van der Waals surface area contributed by atoms with Crippen LogP contribution >= 0.6 is 0 Å². The van der Waals surface area contributed by atoms with E-state index in [1.807, 2.05) is 63.2 Å². The monoisotopic (exact) mass is 476 g/mol. The topological polar surface area (TPSA) is 97.6 Å². The summed E-state index contributed by atoms with van der Waals surface area (Å²) in [6.07, 6.45) is 2.26. The average molecular weight is 477 g/mol. The molecule has 1 unspecified atom stereocenters. The number of anilines is 1. The lowest BCUT2D eigenvalue weighted by Gasteiger charge is -2.25. The lowest BCUT2D eigenvalue weighted by atomic mass is 10.1. The van der Waals surface area contributed by atoms with Crippen LogP contribution < -0.4 is 5.32 Å². The minimum Gasteiger partial charge on any atom is -0.421 e. The third-order valence-electron chi connectivity index (χ3n) is 6.33. The number of hydrogen-bond acceptors (Lipinski definition) is 6. The molecule has 2 heterocycles. The Hall–Kier alpha value is -3.52. The lowest BCUT2D eigenvalue weighted by Crippen LogP contribution is -2.42. The van der Waals surface area contributed by atoms with Crippen molar-refractivity contribution in [2.24, 2.45) is 0 Å². The summed E-state index contributed by atoms with van der Waals surface area (Å²) < 4.78 is 11.5. The van der Waals surface area contributed by atoms with Gasteiger partial charge in [0.25, 0.3) is 0 Å². The largest absolute Gasteiger partial charge is 0.421 e. The Morgan fingerprint density at radius 3 is 2.63 bits per heavy atom. The van der Waals surface area contributed by atoms with Gasteiger partial charge in [-0.15, -0.1) is 10.2 Å². The highest BCUT2D eigenvalue weighted by Gasteiger charge is 2.25. The van der Waals surface area contributed by atoms with E-state index < -0.39 is 0 Å². The molecular weight excluding hydrogens is 444 g/mol. The Bertz CT molecular complexity index is 1170. The summed E-state index contributed by atoms with van der Waals surface area (Å²) in [5, 5.41) is 11.1. The van der Waals surface area contributed by atoms with E-state index in [9.17, 15) is 9.59 Å². The number of ether oxygens (including phenoxy) is 1. The van der Waals surface area contributed by atoms with Gasteiger partial charge in [0.2, 0.25) is 23.6 Å². The van der Waals surface area contributed by atoms with Gasteiger partial charge in [0.15, 0.2) is 0 Å². The Morgan fingerprint density at radius 1 is 1.09 bits per heavy atom. The van der Waals surface area contributed by atoms with Crippen molar-refractivity contribution >= 4 is 17.5 Å². The summed E-state index contributed by atoms with van der Waals surface area (Å²) >= 11 is 0. The summed E-state index contributed by atoms with van der Waals surface area (Å²) in [6, 6.07) is 13.6. The molecular formula is C27H32N4O4. The van der Waals surface area contributed by atoms with Gasteiger partial charge in [0.1, 0.15) is 0 Å². The number of carbonyl (C=O) groups is 2. The van der Waals surface area contributed by atoms with Gasteiger partial charge in [-0.1, -0.05) is 29.8 Å². The fraction of sp³-hybridized carbons (Fsp3) is 0.407. The summed E-state index contributed by atoms with van der Waals surface area (Å²) in [7, 11) is 0. The first-order valence-electron chi connectivity index (χ1n) is 12.0. The molecule has 1 aromatic heterocycles. The van der Waals surface area contributed by atoms with Crippen LogP contribution in [0.3, 0.4) is 0 Å². The van der Waals surface area contributed by atoms with Crippen molar-refractivity contribution in [3.8, 4) is 11.5 Å². The zero-order valence-electron chi connectivity index (χ0n) is 20.5. The molecule has 8 nitrogen and oxygen atoms in total. The van der Waals surface area contributed by atoms with Crippen molar-refractivity contribution in [3.63, 3.8) is 0 Å². The van der Waals surface area contributed by atoms with Gasteiger partial charge >= 0.3 is 0 Å². The zero-order chi connectivity index (χ0) is 24.8. The number of nitrogens with zero attached hydrogens (tertiary/aromatic N) is 3. The molecule has 1 aliphatic rings. The number of aryl methyl sites for hydroxylation is 3. The quantitative estimate of drug-likeness (QED) is 0.496. The van der Waals surface area contributed by atoms with Crippen LogP contribution in [0.4, 0.5) is 5.69 Å². The van der Waals surface area contributed by atoms with Crippen LogP contribution in [0.2, 0.25) is 0 Å². The van der Waals surface area contributed by atoms with Crippen molar-refractivity contribution in [2.45, 2.75) is 52.6 Å². The van der Waals surface area contributed by atoms with E-state index in [4.69, 9.17) is 9.15 Å². The van der Waals surface area contributed by atoms with E-state index in [0.29, 0.717) is 31.4 Å². The smallest absolute Gasteiger partial charge is 0.247 e. The average Bonchev–Trinajstić information content (AvgIpc) is 3.53. The van der Waals surface area contributed by atoms with E-state index in [1.165, 1.54) is 0 Å². The molecule has 8 heteroatoms. The SMILES string of the molecule is Cc1ccc(-c2nnc(CCC(=O)N(CC(=O)Nc3cccc(C)c3C)CC3CCCO3)o2)cc1. The van der Waals surface area contributed by atoms with Crippen molar-refractivity contribution in [3.05, 3.63) is 65.0 Å². The minimum absolute atomic E-state index is 0.0372. The molecule has 1 saturated heterocycles. The summed E-state index contributed by atoms with van der Waals surface area (Å²) in [6.45, 7) is 7.02. The first kappa shape index (κ1) is 24.6. The zero-order valence-corrected chi connectivity index (χ0v) is 20.5. The van der Waals surface area contributed by atoms with E-state index in [-0.39, 0.29) is 30.9 Å². The van der Waals surface area contributed by atoms with Crippen LogP contribution in [-0.4, -0.2) is 52.7 Å². The second-order valence-corrected chi connectivity index (χ2v) is 9.07. The highest BCUT2D eigenvalue weighted by atomic mass is 16.5. The lowest BCUT2D eigenvalue weighted by molar-refractivity contribution is -0.136. The Labute approximate surface area is 205 Å². The van der Waals surface area contributed by atoms with Crippen molar-refractivity contribution in [2.75, 3.05) is 25.0 Å². The normalized spacial score (nSPS) is 15.2. The first-order chi connectivity index (χ1) is 16.9. The van der Waals surface area contributed by atoms with Gasteiger partial charge in [0.05, 0.1) is 12.6 Å².